The molecule has 0 spiro atoms. The van der Waals surface area contributed by atoms with Crippen molar-refractivity contribution in [2.45, 2.75) is 11.8 Å². The highest BCUT2D eigenvalue weighted by atomic mass is 32.2. The summed E-state index contributed by atoms with van der Waals surface area (Å²) in [4.78, 5) is 22.3. The van der Waals surface area contributed by atoms with E-state index in [1.807, 2.05) is 31.2 Å². The first-order valence-electron chi connectivity index (χ1n) is 10.0. The number of thioether (sulfide) groups is 1. The van der Waals surface area contributed by atoms with Crippen LogP contribution in [-0.2, 0) is 9.53 Å². The van der Waals surface area contributed by atoms with Crippen molar-refractivity contribution < 1.29 is 18.3 Å². The number of hydrogen-bond donors (Lipinski definition) is 0. The van der Waals surface area contributed by atoms with E-state index >= 15 is 0 Å². The minimum Gasteiger partial charge on any atom is -0.379 e. The molecule has 0 atom stereocenters. The molecule has 3 aromatic rings. The van der Waals surface area contributed by atoms with Crippen LogP contribution in [0.5, 0.6) is 0 Å². The van der Waals surface area contributed by atoms with Crippen molar-refractivity contribution in [2.75, 3.05) is 50.0 Å². The summed E-state index contributed by atoms with van der Waals surface area (Å²) in [6.45, 7) is 6.06. The molecule has 0 saturated carbocycles. The van der Waals surface area contributed by atoms with E-state index in [0.29, 0.717) is 36.1 Å². The first-order valence-corrected chi connectivity index (χ1v) is 11.9. The number of carbonyl (C=O) groups is 1. The van der Waals surface area contributed by atoms with Crippen LogP contribution in [0.4, 0.5) is 13.9 Å². The lowest BCUT2D eigenvalue weighted by Crippen LogP contribution is -2.43. The summed E-state index contributed by atoms with van der Waals surface area (Å²) in [5.41, 5.74) is 1.25. The van der Waals surface area contributed by atoms with E-state index in [4.69, 9.17) is 4.74 Å². The smallest absolute Gasteiger partial charge is 0.239 e. The maximum Gasteiger partial charge on any atom is 0.239 e. The minimum absolute atomic E-state index is 0.0942. The second-order valence-corrected chi connectivity index (χ2v) is 9.39. The van der Waals surface area contributed by atoms with Crippen LogP contribution >= 0.6 is 23.1 Å². The zero-order chi connectivity index (χ0) is 21.8. The molecule has 1 aromatic heterocycles. The molecule has 164 valence electrons. The minimum atomic E-state index is -0.716. The number of aromatic nitrogens is 1. The van der Waals surface area contributed by atoms with Crippen molar-refractivity contribution in [1.29, 1.82) is 0 Å². The van der Waals surface area contributed by atoms with Crippen molar-refractivity contribution in [1.82, 2.24) is 9.88 Å². The Bertz CT molecular complexity index is 1050. The third-order valence-corrected chi connectivity index (χ3v) is 7.08. The molecule has 1 aliphatic rings. The van der Waals surface area contributed by atoms with E-state index in [9.17, 15) is 13.6 Å². The fourth-order valence-corrected chi connectivity index (χ4v) is 5.13. The standard InChI is InChI=1S/C22H23F2N3O2S2/c1-15-2-4-17(5-3-15)30-14-20(28)27(7-6-26-8-10-29-11-9-26)22-25-21-18(24)12-16(23)13-19(21)31-22/h2-5,12-13H,6-11,14H2,1H3. The van der Waals surface area contributed by atoms with Gasteiger partial charge in [-0.2, -0.15) is 0 Å². The molecule has 1 saturated heterocycles. The number of anilines is 1. The molecule has 0 radical (unpaired) electrons. The maximum atomic E-state index is 14.2. The number of fused-ring (bicyclic) bond motifs is 1. The molecule has 0 aliphatic carbocycles. The van der Waals surface area contributed by atoms with Gasteiger partial charge in [-0.1, -0.05) is 29.0 Å². The Kier molecular flexibility index (Phi) is 7.16. The summed E-state index contributed by atoms with van der Waals surface area (Å²) >= 11 is 2.59. The number of morpholine rings is 1. The van der Waals surface area contributed by atoms with Crippen LogP contribution in [-0.4, -0.2) is 60.9 Å². The number of benzene rings is 2. The van der Waals surface area contributed by atoms with E-state index in [2.05, 4.69) is 9.88 Å². The van der Waals surface area contributed by atoms with E-state index in [0.717, 1.165) is 41.0 Å². The van der Waals surface area contributed by atoms with Crippen molar-refractivity contribution in [3.63, 3.8) is 0 Å². The Labute approximate surface area is 188 Å². The van der Waals surface area contributed by atoms with Gasteiger partial charge in [0.2, 0.25) is 5.91 Å². The largest absolute Gasteiger partial charge is 0.379 e. The van der Waals surface area contributed by atoms with Crippen molar-refractivity contribution in [2.24, 2.45) is 0 Å². The van der Waals surface area contributed by atoms with Crippen LogP contribution in [0.3, 0.4) is 0 Å². The number of aryl methyl sites for hydroxylation is 1. The molecular formula is C22H23F2N3O2S2. The first kappa shape index (κ1) is 22.1. The van der Waals surface area contributed by atoms with Gasteiger partial charge in [-0.25, -0.2) is 13.8 Å². The fraction of sp³-hybridized carbons (Fsp3) is 0.364. The Balaban J connectivity index is 1.53. The summed E-state index contributed by atoms with van der Waals surface area (Å²) in [5, 5.41) is 0.391. The van der Waals surface area contributed by atoms with Gasteiger partial charge in [0.15, 0.2) is 10.9 Å². The normalized spacial score (nSPS) is 14.8. The Morgan fingerprint density at radius 3 is 2.71 bits per heavy atom. The molecule has 2 aromatic carbocycles. The summed E-state index contributed by atoms with van der Waals surface area (Å²) in [6.07, 6.45) is 0. The molecule has 0 N–H and O–H groups in total. The highest BCUT2D eigenvalue weighted by Crippen LogP contribution is 2.32. The molecular weight excluding hydrogens is 440 g/mol. The molecule has 1 fully saturated rings. The number of ether oxygens (including phenoxy) is 1. The summed E-state index contributed by atoms with van der Waals surface area (Å²) in [5.74, 6) is -1.24. The number of nitrogens with zero attached hydrogens (tertiary/aromatic N) is 3. The zero-order valence-corrected chi connectivity index (χ0v) is 18.8. The molecule has 1 amide bonds. The van der Waals surface area contributed by atoms with Crippen LogP contribution in [0.1, 0.15) is 5.56 Å². The predicted octanol–water partition coefficient (Wildman–Crippen LogP) is 4.34. The molecule has 5 nitrogen and oxygen atoms in total. The van der Waals surface area contributed by atoms with Gasteiger partial charge in [-0.05, 0) is 25.1 Å². The lowest BCUT2D eigenvalue weighted by molar-refractivity contribution is -0.116. The van der Waals surface area contributed by atoms with Crippen molar-refractivity contribution in [3.8, 4) is 0 Å². The van der Waals surface area contributed by atoms with Gasteiger partial charge in [0.1, 0.15) is 11.3 Å². The highest BCUT2D eigenvalue weighted by Gasteiger charge is 2.23. The predicted molar refractivity (Wildman–Crippen MR) is 121 cm³/mol. The third-order valence-electron chi connectivity index (χ3n) is 5.06. The SMILES string of the molecule is Cc1ccc(SCC(=O)N(CCN2CCOCC2)c2nc3c(F)cc(F)cc3s2)cc1. The van der Waals surface area contributed by atoms with Crippen molar-refractivity contribution >= 4 is 44.4 Å². The molecule has 0 unspecified atom stereocenters. The first-order chi connectivity index (χ1) is 15.0. The highest BCUT2D eigenvalue weighted by molar-refractivity contribution is 8.00. The Morgan fingerprint density at radius 2 is 1.97 bits per heavy atom. The number of rotatable bonds is 7. The summed E-state index contributed by atoms with van der Waals surface area (Å²) < 4.78 is 33.6. The summed E-state index contributed by atoms with van der Waals surface area (Å²) in [7, 11) is 0. The average Bonchev–Trinajstić information content (AvgIpc) is 3.18. The fourth-order valence-electron chi connectivity index (χ4n) is 3.31. The van der Waals surface area contributed by atoms with Crippen LogP contribution < -0.4 is 4.90 Å². The second kappa shape index (κ2) is 10.0. The van der Waals surface area contributed by atoms with E-state index in [-0.39, 0.29) is 17.2 Å². The van der Waals surface area contributed by atoms with Crippen molar-refractivity contribution in [3.05, 3.63) is 53.6 Å². The van der Waals surface area contributed by atoms with Crippen LogP contribution in [0.2, 0.25) is 0 Å². The summed E-state index contributed by atoms with van der Waals surface area (Å²) in [6, 6.07) is 10.1. The quantitative estimate of drug-likeness (QED) is 0.488. The van der Waals surface area contributed by atoms with Crippen LogP contribution in [0.25, 0.3) is 10.2 Å². The molecule has 4 rings (SSSR count). The van der Waals surface area contributed by atoms with Gasteiger partial charge in [0, 0.05) is 37.1 Å². The Morgan fingerprint density at radius 1 is 1.23 bits per heavy atom. The van der Waals surface area contributed by atoms with Gasteiger partial charge in [-0.3, -0.25) is 14.6 Å². The lowest BCUT2D eigenvalue weighted by atomic mass is 10.2. The molecule has 1 aliphatic heterocycles. The second-order valence-electron chi connectivity index (χ2n) is 7.33. The molecule has 0 bridgehead atoms. The number of carbonyl (C=O) groups excluding carboxylic acids is 1. The van der Waals surface area contributed by atoms with Gasteiger partial charge in [0.05, 0.1) is 23.7 Å². The van der Waals surface area contributed by atoms with E-state index in [1.165, 1.54) is 17.8 Å². The average molecular weight is 464 g/mol. The number of halogens is 2. The van der Waals surface area contributed by atoms with Gasteiger partial charge < -0.3 is 4.74 Å². The zero-order valence-electron chi connectivity index (χ0n) is 17.1. The van der Waals surface area contributed by atoms with Gasteiger partial charge in [-0.15, -0.1) is 11.8 Å². The van der Waals surface area contributed by atoms with E-state index < -0.39 is 11.6 Å². The van der Waals surface area contributed by atoms with Gasteiger partial charge in [0.25, 0.3) is 0 Å². The van der Waals surface area contributed by atoms with Gasteiger partial charge >= 0.3 is 0 Å². The molecule has 2 heterocycles. The third kappa shape index (κ3) is 5.60. The molecule has 9 heteroatoms. The number of thiazole rings is 1. The number of hydrogen-bond acceptors (Lipinski definition) is 6. The monoisotopic (exact) mass is 463 g/mol. The number of amides is 1. The maximum absolute atomic E-state index is 14.2. The van der Waals surface area contributed by atoms with E-state index in [1.54, 1.807) is 4.90 Å². The Hall–Kier alpha value is -2.07. The van der Waals surface area contributed by atoms with Crippen LogP contribution in [0.15, 0.2) is 41.3 Å². The topological polar surface area (TPSA) is 45.7 Å². The molecule has 31 heavy (non-hydrogen) atoms. The lowest BCUT2D eigenvalue weighted by Gasteiger charge is -2.29. The van der Waals surface area contributed by atoms with Crippen LogP contribution in [0, 0.1) is 18.6 Å².